The van der Waals surface area contributed by atoms with Crippen LogP contribution in [0.25, 0.3) is 0 Å². The van der Waals surface area contributed by atoms with Crippen LogP contribution >= 0.6 is 0 Å². The molecule has 0 saturated heterocycles. The first-order valence-corrected chi connectivity index (χ1v) is 5.67. The Morgan fingerprint density at radius 2 is 1.54 bits per heavy atom. The van der Waals surface area contributed by atoms with Gasteiger partial charge in [-0.05, 0) is 43.4 Å². The van der Waals surface area contributed by atoms with E-state index < -0.39 is 0 Å². The third-order valence-electron chi connectivity index (χ3n) is 2.53. The molecule has 0 amide bonds. The van der Waals surface area contributed by atoms with Gasteiger partial charge in [0.1, 0.15) is 0 Å². The van der Waals surface area contributed by atoms with E-state index in [4.69, 9.17) is 5.11 Å². The van der Waals surface area contributed by atoms with Gasteiger partial charge in [0, 0.05) is 6.61 Å². The van der Waals surface area contributed by atoms with Crippen LogP contribution in [-0.2, 0) is 0 Å². The van der Waals surface area contributed by atoms with E-state index in [2.05, 4.69) is 27.7 Å². The van der Waals surface area contributed by atoms with Crippen molar-refractivity contribution in [1.82, 2.24) is 0 Å². The molecule has 0 heterocycles. The Morgan fingerprint density at radius 3 is 2.00 bits per heavy atom. The van der Waals surface area contributed by atoms with Crippen LogP contribution in [0.4, 0.5) is 0 Å². The number of hydrogen-bond acceptors (Lipinski definition) is 1. The minimum Gasteiger partial charge on any atom is -0.396 e. The molecule has 0 aromatic carbocycles. The summed E-state index contributed by atoms with van der Waals surface area (Å²) in [6.07, 6.45) is 4.80. The van der Waals surface area contributed by atoms with Crippen LogP contribution < -0.4 is 0 Å². The second-order valence-electron chi connectivity index (χ2n) is 4.94. The molecule has 1 heteroatoms. The summed E-state index contributed by atoms with van der Waals surface area (Å²) in [6.45, 7) is 9.56. The number of rotatable bonds is 7. The first-order valence-electron chi connectivity index (χ1n) is 5.67. The van der Waals surface area contributed by atoms with Gasteiger partial charge >= 0.3 is 0 Å². The maximum atomic E-state index is 8.69. The Morgan fingerprint density at radius 1 is 0.923 bits per heavy atom. The lowest BCUT2D eigenvalue weighted by Gasteiger charge is -2.18. The monoisotopic (exact) mass is 186 g/mol. The molecule has 0 aromatic heterocycles. The Bertz CT molecular complexity index is 110. The molecule has 0 aliphatic carbocycles. The lowest BCUT2D eigenvalue weighted by atomic mass is 9.88. The second kappa shape index (κ2) is 7.37. The van der Waals surface area contributed by atoms with E-state index in [1.165, 1.54) is 19.3 Å². The molecule has 1 N–H and O–H groups in total. The molecule has 80 valence electrons. The summed E-state index contributed by atoms with van der Waals surface area (Å²) in [4.78, 5) is 0. The topological polar surface area (TPSA) is 20.2 Å². The number of aliphatic hydroxyl groups is 1. The minimum atomic E-state index is 0.350. The zero-order valence-electron chi connectivity index (χ0n) is 9.71. The minimum absolute atomic E-state index is 0.350. The van der Waals surface area contributed by atoms with Crippen LogP contribution in [0.1, 0.15) is 53.4 Å². The van der Waals surface area contributed by atoms with Crippen molar-refractivity contribution in [3.63, 3.8) is 0 Å². The SMILES string of the molecule is CC(C)CC(C)CC(C)CCCO. The van der Waals surface area contributed by atoms with Crippen molar-refractivity contribution in [3.05, 3.63) is 0 Å². The fourth-order valence-electron chi connectivity index (χ4n) is 2.15. The number of aliphatic hydroxyl groups excluding tert-OH is 1. The average Bonchev–Trinajstić information content (AvgIpc) is 1.98. The molecule has 0 radical (unpaired) electrons. The van der Waals surface area contributed by atoms with E-state index >= 15 is 0 Å². The van der Waals surface area contributed by atoms with Gasteiger partial charge < -0.3 is 5.11 Å². The van der Waals surface area contributed by atoms with Gasteiger partial charge in [0.25, 0.3) is 0 Å². The quantitative estimate of drug-likeness (QED) is 0.645. The molecular weight excluding hydrogens is 160 g/mol. The molecule has 0 aliphatic rings. The van der Waals surface area contributed by atoms with E-state index in [-0.39, 0.29) is 0 Å². The van der Waals surface area contributed by atoms with Crippen molar-refractivity contribution in [2.75, 3.05) is 6.61 Å². The van der Waals surface area contributed by atoms with Crippen LogP contribution in [0.3, 0.4) is 0 Å². The van der Waals surface area contributed by atoms with Crippen molar-refractivity contribution >= 4 is 0 Å². The smallest absolute Gasteiger partial charge is 0.0431 e. The zero-order valence-corrected chi connectivity index (χ0v) is 9.71. The molecule has 2 atom stereocenters. The maximum Gasteiger partial charge on any atom is 0.0431 e. The summed E-state index contributed by atoms with van der Waals surface area (Å²) in [6, 6.07) is 0. The van der Waals surface area contributed by atoms with E-state index in [1.807, 2.05) is 0 Å². The summed E-state index contributed by atoms with van der Waals surface area (Å²) in [5.41, 5.74) is 0. The first-order chi connectivity index (χ1) is 6.06. The van der Waals surface area contributed by atoms with E-state index in [0.29, 0.717) is 6.61 Å². The van der Waals surface area contributed by atoms with E-state index in [0.717, 1.165) is 24.2 Å². The molecule has 0 fully saturated rings. The molecule has 0 bridgehead atoms. The Kier molecular flexibility index (Phi) is 7.35. The van der Waals surface area contributed by atoms with Crippen LogP contribution in [0.2, 0.25) is 0 Å². The summed E-state index contributed by atoms with van der Waals surface area (Å²) in [5.74, 6) is 2.44. The lowest BCUT2D eigenvalue weighted by Crippen LogP contribution is -2.06. The summed E-state index contributed by atoms with van der Waals surface area (Å²) < 4.78 is 0. The third-order valence-corrected chi connectivity index (χ3v) is 2.53. The largest absolute Gasteiger partial charge is 0.396 e. The van der Waals surface area contributed by atoms with Crippen molar-refractivity contribution in [2.24, 2.45) is 17.8 Å². The molecule has 0 saturated carbocycles. The van der Waals surface area contributed by atoms with Crippen molar-refractivity contribution in [1.29, 1.82) is 0 Å². The summed E-state index contributed by atoms with van der Waals surface area (Å²) in [7, 11) is 0. The molecule has 0 aromatic rings. The average molecular weight is 186 g/mol. The number of hydrogen-bond donors (Lipinski definition) is 1. The normalized spacial score (nSPS) is 16.2. The van der Waals surface area contributed by atoms with E-state index in [9.17, 15) is 0 Å². The molecule has 0 aliphatic heterocycles. The van der Waals surface area contributed by atoms with Crippen molar-refractivity contribution in [3.8, 4) is 0 Å². The van der Waals surface area contributed by atoms with Crippen LogP contribution in [0, 0.1) is 17.8 Å². The predicted octanol–water partition coefficient (Wildman–Crippen LogP) is 3.47. The highest BCUT2D eigenvalue weighted by atomic mass is 16.2. The fraction of sp³-hybridized carbons (Fsp3) is 1.00. The Hall–Kier alpha value is -0.0400. The first kappa shape index (κ1) is 13.0. The second-order valence-corrected chi connectivity index (χ2v) is 4.94. The van der Waals surface area contributed by atoms with Crippen LogP contribution in [-0.4, -0.2) is 11.7 Å². The zero-order chi connectivity index (χ0) is 10.3. The van der Waals surface area contributed by atoms with Gasteiger partial charge in [-0.2, -0.15) is 0 Å². The summed E-state index contributed by atoms with van der Waals surface area (Å²) in [5, 5.41) is 8.69. The standard InChI is InChI=1S/C12H26O/c1-10(2)8-12(4)9-11(3)6-5-7-13/h10-13H,5-9H2,1-4H3. The van der Waals surface area contributed by atoms with E-state index in [1.54, 1.807) is 0 Å². The molecule has 0 spiro atoms. The van der Waals surface area contributed by atoms with Gasteiger partial charge in [-0.25, -0.2) is 0 Å². The Labute approximate surface area is 83.5 Å². The van der Waals surface area contributed by atoms with Gasteiger partial charge in [0.05, 0.1) is 0 Å². The maximum absolute atomic E-state index is 8.69. The molecular formula is C12H26O. The van der Waals surface area contributed by atoms with Gasteiger partial charge in [-0.15, -0.1) is 0 Å². The third kappa shape index (κ3) is 8.29. The highest BCUT2D eigenvalue weighted by Crippen LogP contribution is 2.21. The van der Waals surface area contributed by atoms with Crippen molar-refractivity contribution in [2.45, 2.75) is 53.4 Å². The molecule has 0 rings (SSSR count). The fourth-order valence-corrected chi connectivity index (χ4v) is 2.15. The van der Waals surface area contributed by atoms with Gasteiger partial charge in [-0.1, -0.05) is 27.7 Å². The van der Waals surface area contributed by atoms with Gasteiger partial charge in [0.2, 0.25) is 0 Å². The van der Waals surface area contributed by atoms with Crippen molar-refractivity contribution < 1.29 is 5.11 Å². The lowest BCUT2D eigenvalue weighted by molar-refractivity contribution is 0.261. The molecule has 13 heavy (non-hydrogen) atoms. The molecule has 2 unspecified atom stereocenters. The highest BCUT2D eigenvalue weighted by molar-refractivity contribution is 4.61. The summed E-state index contributed by atoms with van der Waals surface area (Å²) >= 11 is 0. The van der Waals surface area contributed by atoms with Gasteiger partial charge in [0.15, 0.2) is 0 Å². The molecule has 1 nitrogen and oxygen atoms in total. The van der Waals surface area contributed by atoms with Gasteiger partial charge in [-0.3, -0.25) is 0 Å². The highest BCUT2D eigenvalue weighted by Gasteiger charge is 2.09. The van der Waals surface area contributed by atoms with Crippen LogP contribution in [0.15, 0.2) is 0 Å². The van der Waals surface area contributed by atoms with Crippen LogP contribution in [0.5, 0.6) is 0 Å². The predicted molar refractivity (Wildman–Crippen MR) is 58.7 cm³/mol. The Balaban J connectivity index is 3.46.